The lowest BCUT2D eigenvalue weighted by atomic mass is 9.71. The topological polar surface area (TPSA) is 68.4 Å². The molecular weight excluding hydrogens is 294 g/mol. The number of nitrogens with one attached hydrogen (secondary N) is 1. The lowest BCUT2D eigenvalue weighted by Crippen LogP contribution is -2.37. The van der Waals surface area contributed by atoms with E-state index in [1.54, 1.807) is 13.8 Å². The van der Waals surface area contributed by atoms with E-state index in [9.17, 15) is 9.59 Å². The van der Waals surface area contributed by atoms with E-state index in [0.29, 0.717) is 5.92 Å². The number of rotatable bonds is 7. The van der Waals surface area contributed by atoms with E-state index in [0.717, 1.165) is 31.2 Å². The van der Waals surface area contributed by atoms with E-state index in [1.165, 1.54) is 6.42 Å². The normalized spacial score (nSPS) is 17.0. The molecule has 1 aliphatic rings. The SMILES string of the molecule is CCOC(=O)C(C(=O)OCC)C(c1cc[nH]c1)C1CCCCC1. The minimum absolute atomic E-state index is 0.181. The van der Waals surface area contributed by atoms with E-state index in [4.69, 9.17) is 9.47 Å². The fraction of sp³-hybridized carbons (Fsp3) is 0.667. The van der Waals surface area contributed by atoms with Crippen LogP contribution in [0.5, 0.6) is 0 Å². The van der Waals surface area contributed by atoms with Crippen molar-refractivity contribution in [2.24, 2.45) is 11.8 Å². The molecule has 128 valence electrons. The maximum atomic E-state index is 12.5. The van der Waals surface area contributed by atoms with Gasteiger partial charge in [-0.3, -0.25) is 9.59 Å². The summed E-state index contributed by atoms with van der Waals surface area (Å²) in [6.07, 6.45) is 9.29. The number of H-pyrrole nitrogens is 1. The van der Waals surface area contributed by atoms with Crippen molar-refractivity contribution in [3.63, 3.8) is 0 Å². The zero-order valence-corrected chi connectivity index (χ0v) is 14.0. The van der Waals surface area contributed by atoms with E-state index in [1.807, 2.05) is 18.5 Å². The van der Waals surface area contributed by atoms with Gasteiger partial charge in [-0.2, -0.15) is 0 Å². The Hall–Kier alpha value is -1.78. The number of aromatic amines is 1. The maximum Gasteiger partial charge on any atom is 0.320 e. The molecule has 1 fully saturated rings. The van der Waals surface area contributed by atoms with Crippen LogP contribution in [-0.2, 0) is 19.1 Å². The van der Waals surface area contributed by atoms with Gasteiger partial charge in [0.25, 0.3) is 0 Å². The Labute approximate surface area is 137 Å². The maximum absolute atomic E-state index is 12.5. The van der Waals surface area contributed by atoms with Crippen LogP contribution in [0.15, 0.2) is 18.5 Å². The molecule has 1 unspecified atom stereocenters. The van der Waals surface area contributed by atoms with Crippen molar-refractivity contribution in [1.82, 2.24) is 4.98 Å². The van der Waals surface area contributed by atoms with Crippen LogP contribution in [0.2, 0.25) is 0 Å². The Balaban J connectivity index is 2.33. The number of carbonyl (C=O) groups is 2. The summed E-state index contributed by atoms with van der Waals surface area (Å²) >= 11 is 0. The summed E-state index contributed by atoms with van der Waals surface area (Å²) in [5.41, 5.74) is 0.989. The van der Waals surface area contributed by atoms with Crippen molar-refractivity contribution in [3.8, 4) is 0 Å². The van der Waals surface area contributed by atoms with Gasteiger partial charge in [-0.15, -0.1) is 0 Å². The highest BCUT2D eigenvalue weighted by Crippen LogP contribution is 2.41. The molecule has 0 aliphatic heterocycles. The summed E-state index contributed by atoms with van der Waals surface area (Å²) < 4.78 is 10.4. The Bertz CT molecular complexity index is 473. The van der Waals surface area contributed by atoms with Crippen LogP contribution in [0.4, 0.5) is 0 Å². The second-order valence-corrected chi connectivity index (χ2v) is 6.05. The Morgan fingerprint density at radius 2 is 1.74 bits per heavy atom. The molecule has 0 spiro atoms. The van der Waals surface area contributed by atoms with E-state index >= 15 is 0 Å². The quantitative estimate of drug-likeness (QED) is 0.617. The number of hydrogen-bond donors (Lipinski definition) is 1. The smallest absolute Gasteiger partial charge is 0.320 e. The lowest BCUT2D eigenvalue weighted by Gasteiger charge is -2.33. The molecule has 23 heavy (non-hydrogen) atoms. The molecule has 1 heterocycles. The van der Waals surface area contributed by atoms with Gasteiger partial charge in [-0.1, -0.05) is 19.3 Å². The summed E-state index contributed by atoms with van der Waals surface area (Å²) in [7, 11) is 0. The average molecular weight is 321 g/mol. The van der Waals surface area contributed by atoms with Gasteiger partial charge < -0.3 is 14.5 Å². The first-order valence-electron chi connectivity index (χ1n) is 8.65. The van der Waals surface area contributed by atoms with Crippen LogP contribution in [0.1, 0.15) is 57.4 Å². The number of ether oxygens (including phenoxy) is 2. The third kappa shape index (κ3) is 4.36. The summed E-state index contributed by atoms with van der Waals surface area (Å²) in [6.45, 7) is 4.04. The van der Waals surface area contributed by atoms with Crippen molar-refractivity contribution in [2.75, 3.05) is 13.2 Å². The Morgan fingerprint density at radius 3 is 2.22 bits per heavy atom. The van der Waals surface area contributed by atoms with E-state index in [-0.39, 0.29) is 19.1 Å². The zero-order valence-electron chi connectivity index (χ0n) is 14.0. The molecule has 1 atom stereocenters. The van der Waals surface area contributed by atoms with Gasteiger partial charge in [0.2, 0.25) is 0 Å². The Morgan fingerprint density at radius 1 is 1.13 bits per heavy atom. The second-order valence-electron chi connectivity index (χ2n) is 6.05. The van der Waals surface area contributed by atoms with Gasteiger partial charge in [0, 0.05) is 18.3 Å². The van der Waals surface area contributed by atoms with Crippen LogP contribution in [0.3, 0.4) is 0 Å². The highest BCUT2D eigenvalue weighted by molar-refractivity contribution is 5.96. The van der Waals surface area contributed by atoms with Gasteiger partial charge in [0.05, 0.1) is 13.2 Å². The monoisotopic (exact) mass is 321 g/mol. The molecule has 0 saturated heterocycles. The first-order valence-corrected chi connectivity index (χ1v) is 8.65. The highest BCUT2D eigenvalue weighted by atomic mass is 16.6. The van der Waals surface area contributed by atoms with Gasteiger partial charge in [0.15, 0.2) is 5.92 Å². The molecule has 5 nitrogen and oxygen atoms in total. The fourth-order valence-corrected chi connectivity index (χ4v) is 3.63. The van der Waals surface area contributed by atoms with Crippen molar-refractivity contribution in [3.05, 3.63) is 24.0 Å². The number of aromatic nitrogens is 1. The molecule has 0 amide bonds. The number of hydrogen-bond acceptors (Lipinski definition) is 4. The van der Waals surface area contributed by atoms with Crippen molar-refractivity contribution in [2.45, 2.75) is 51.9 Å². The molecule has 1 aliphatic carbocycles. The van der Waals surface area contributed by atoms with E-state index < -0.39 is 17.9 Å². The summed E-state index contributed by atoms with van der Waals surface area (Å²) in [4.78, 5) is 28.1. The van der Waals surface area contributed by atoms with E-state index in [2.05, 4.69) is 4.98 Å². The molecule has 0 radical (unpaired) electrons. The molecule has 1 saturated carbocycles. The van der Waals surface area contributed by atoms with Crippen LogP contribution >= 0.6 is 0 Å². The minimum Gasteiger partial charge on any atom is -0.465 e. The second kappa shape index (κ2) is 8.75. The standard InChI is InChI=1S/C18H27NO4/c1-3-22-17(20)16(18(21)23-4-2)15(14-10-11-19-12-14)13-8-6-5-7-9-13/h10-13,15-16,19H,3-9H2,1-2H3. The van der Waals surface area contributed by atoms with Crippen LogP contribution < -0.4 is 0 Å². The molecule has 2 rings (SSSR count). The van der Waals surface area contributed by atoms with Crippen LogP contribution in [0.25, 0.3) is 0 Å². The molecule has 1 aromatic rings. The number of carbonyl (C=O) groups excluding carboxylic acids is 2. The molecule has 0 aromatic carbocycles. The fourth-order valence-electron chi connectivity index (χ4n) is 3.63. The number of esters is 2. The van der Waals surface area contributed by atoms with Gasteiger partial charge in [-0.05, 0) is 44.2 Å². The molecule has 1 N–H and O–H groups in total. The van der Waals surface area contributed by atoms with Gasteiger partial charge in [-0.25, -0.2) is 0 Å². The molecule has 1 aromatic heterocycles. The molecule has 5 heteroatoms. The first-order chi connectivity index (χ1) is 11.2. The van der Waals surface area contributed by atoms with Gasteiger partial charge in [0.1, 0.15) is 0 Å². The molecular formula is C18H27NO4. The van der Waals surface area contributed by atoms with Crippen molar-refractivity contribution >= 4 is 11.9 Å². The molecule has 0 bridgehead atoms. The summed E-state index contributed by atoms with van der Waals surface area (Å²) in [6, 6.07) is 1.95. The van der Waals surface area contributed by atoms with Crippen LogP contribution in [0, 0.1) is 11.8 Å². The van der Waals surface area contributed by atoms with Crippen molar-refractivity contribution < 1.29 is 19.1 Å². The average Bonchev–Trinajstić information content (AvgIpc) is 3.07. The predicted molar refractivity (Wildman–Crippen MR) is 86.9 cm³/mol. The third-order valence-electron chi connectivity index (χ3n) is 4.60. The van der Waals surface area contributed by atoms with Crippen molar-refractivity contribution in [1.29, 1.82) is 0 Å². The predicted octanol–water partition coefficient (Wildman–Crippen LogP) is 3.42. The Kier molecular flexibility index (Phi) is 6.68. The van der Waals surface area contributed by atoms with Gasteiger partial charge >= 0.3 is 11.9 Å². The third-order valence-corrected chi connectivity index (χ3v) is 4.60. The van der Waals surface area contributed by atoms with Crippen LogP contribution in [-0.4, -0.2) is 30.1 Å². The largest absolute Gasteiger partial charge is 0.465 e. The first kappa shape index (κ1) is 17.6. The lowest BCUT2D eigenvalue weighted by molar-refractivity contribution is -0.163. The summed E-state index contributed by atoms with van der Waals surface area (Å²) in [5.74, 6) is -1.70. The zero-order chi connectivity index (χ0) is 16.7. The highest BCUT2D eigenvalue weighted by Gasteiger charge is 2.42. The summed E-state index contributed by atoms with van der Waals surface area (Å²) in [5, 5.41) is 0. The minimum atomic E-state index is -0.881.